The quantitative estimate of drug-likeness (QED) is 0.183. The number of hydrogen-bond acceptors (Lipinski definition) is 3. The van der Waals surface area contributed by atoms with Gasteiger partial charge >= 0.3 is 0 Å². The number of aromatic nitrogens is 3. The fourth-order valence-corrected chi connectivity index (χ4v) is 9.12. The third-order valence-electron chi connectivity index (χ3n) is 11.5. The Bertz CT molecular complexity index is 3730. The number of nitriles is 2. The first-order chi connectivity index (χ1) is 27.7. The van der Waals surface area contributed by atoms with Crippen LogP contribution in [0.15, 0.2) is 168 Å². The van der Waals surface area contributed by atoms with Crippen LogP contribution in [0.5, 0.6) is 0 Å². The van der Waals surface area contributed by atoms with Crippen molar-refractivity contribution in [3.05, 3.63) is 175 Å². The lowest BCUT2D eigenvalue weighted by Gasteiger charge is -2.10. The maximum atomic E-state index is 10.1. The van der Waals surface area contributed by atoms with Gasteiger partial charge in [-0.3, -0.25) is 0 Å². The van der Waals surface area contributed by atoms with Crippen molar-refractivity contribution < 1.29 is 4.42 Å². The van der Waals surface area contributed by atoms with Gasteiger partial charge in [0, 0.05) is 60.2 Å². The topological polar surface area (TPSA) is 75.5 Å². The lowest BCUT2D eigenvalue weighted by atomic mass is 10.0. The molecule has 12 rings (SSSR count). The predicted octanol–water partition coefficient (Wildman–Crippen LogP) is 12.6. The van der Waals surface area contributed by atoms with E-state index in [-0.39, 0.29) is 0 Å². The Labute approximate surface area is 319 Å². The smallest absolute Gasteiger partial charge is 0.135 e. The zero-order chi connectivity index (χ0) is 37.1. The van der Waals surface area contributed by atoms with Crippen LogP contribution in [-0.2, 0) is 0 Å². The molecule has 0 fully saturated rings. The molecule has 0 saturated heterocycles. The van der Waals surface area contributed by atoms with Crippen LogP contribution in [0.3, 0.4) is 0 Å². The molecule has 0 radical (unpaired) electrons. The van der Waals surface area contributed by atoms with Crippen LogP contribution in [0.2, 0.25) is 0 Å². The van der Waals surface area contributed by atoms with Crippen LogP contribution in [0.25, 0.3) is 104 Å². The van der Waals surface area contributed by atoms with Crippen LogP contribution in [-0.4, -0.2) is 13.7 Å². The Kier molecular flexibility index (Phi) is 6.10. The van der Waals surface area contributed by atoms with E-state index >= 15 is 0 Å². The first kappa shape index (κ1) is 30.4. The lowest BCUT2D eigenvalue weighted by molar-refractivity contribution is 0.669. The second kappa shape index (κ2) is 11.2. The average Bonchev–Trinajstić information content (AvgIpc) is 3.99. The first-order valence-corrected chi connectivity index (χ1v) is 18.5. The van der Waals surface area contributed by atoms with E-state index in [4.69, 9.17) is 4.42 Å². The van der Waals surface area contributed by atoms with Crippen molar-refractivity contribution in [2.45, 2.75) is 0 Å². The van der Waals surface area contributed by atoms with Gasteiger partial charge in [-0.15, -0.1) is 0 Å². The molecule has 0 bridgehead atoms. The summed E-state index contributed by atoms with van der Waals surface area (Å²) < 4.78 is 13.4. The van der Waals surface area contributed by atoms with Gasteiger partial charge in [-0.25, -0.2) is 0 Å². The molecule has 0 atom stereocenters. The third kappa shape index (κ3) is 4.07. The zero-order valence-corrected chi connectivity index (χ0v) is 29.7. The summed E-state index contributed by atoms with van der Waals surface area (Å²) >= 11 is 0. The van der Waals surface area contributed by atoms with Gasteiger partial charge in [-0.05, 0) is 109 Å². The van der Waals surface area contributed by atoms with E-state index in [0.29, 0.717) is 11.1 Å². The second-order valence-electron chi connectivity index (χ2n) is 14.4. The van der Waals surface area contributed by atoms with Gasteiger partial charge in [0.1, 0.15) is 11.2 Å². The maximum absolute atomic E-state index is 10.1. The van der Waals surface area contributed by atoms with Crippen molar-refractivity contribution in [3.63, 3.8) is 0 Å². The lowest BCUT2D eigenvalue weighted by Crippen LogP contribution is -1.95. The third-order valence-corrected chi connectivity index (χ3v) is 11.5. The van der Waals surface area contributed by atoms with Gasteiger partial charge in [-0.1, -0.05) is 54.6 Å². The predicted molar refractivity (Wildman–Crippen MR) is 226 cm³/mol. The van der Waals surface area contributed by atoms with Crippen LogP contribution in [0.4, 0.5) is 0 Å². The van der Waals surface area contributed by atoms with Gasteiger partial charge in [0.25, 0.3) is 0 Å². The van der Waals surface area contributed by atoms with Crippen molar-refractivity contribution in [1.29, 1.82) is 10.5 Å². The Morgan fingerprint density at radius 3 is 1.45 bits per heavy atom. The highest BCUT2D eigenvalue weighted by atomic mass is 16.3. The summed E-state index contributed by atoms with van der Waals surface area (Å²) in [5, 5.41) is 28.4. The van der Waals surface area contributed by atoms with E-state index in [1.807, 2.05) is 42.5 Å². The number of rotatable bonds is 3. The molecule has 6 nitrogen and oxygen atoms in total. The van der Waals surface area contributed by atoms with Crippen LogP contribution >= 0.6 is 0 Å². The van der Waals surface area contributed by atoms with Gasteiger partial charge in [0.15, 0.2) is 0 Å². The highest BCUT2D eigenvalue weighted by Gasteiger charge is 2.22. The highest BCUT2D eigenvalue weighted by molar-refractivity contribution is 6.29. The van der Waals surface area contributed by atoms with Gasteiger partial charge in [0.2, 0.25) is 0 Å². The number of para-hydroxylation sites is 3. The number of nitrogens with zero attached hydrogens (tertiary/aromatic N) is 5. The van der Waals surface area contributed by atoms with Crippen LogP contribution < -0.4 is 0 Å². The normalized spacial score (nSPS) is 11.9. The van der Waals surface area contributed by atoms with Crippen molar-refractivity contribution in [1.82, 2.24) is 13.7 Å². The molecular weight excluding hydrogens is 687 g/mol. The molecule has 0 unspecified atom stereocenters. The zero-order valence-electron chi connectivity index (χ0n) is 29.7. The summed E-state index contributed by atoms with van der Waals surface area (Å²) in [4.78, 5) is 0. The second-order valence-corrected chi connectivity index (χ2v) is 14.4. The Hall–Kier alpha value is -8.06. The molecule has 0 amide bonds. The van der Waals surface area contributed by atoms with Crippen molar-refractivity contribution in [3.8, 4) is 29.2 Å². The molecule has 4 heterocycles. The molecule has 0 saturated carbocycles. The van der Waals surface area contributed by atoms with Crippen molar-refractivity contribution >= 4 is 87.4 Å². The molecule has 0 aliphatic heterocycles. The van der Waals surface area contributed by atoms with Gasteiger partial charge in [0.05, 0.1) is 56.4 Å². The highest BCUT2D eigenvalue weighted by Crippen LogP contribution is 2.43. The SMILES string of the molecule is N#Cc1ccc2c(c1)c1ccccc1n2-c1ccc2oc3ccc(-n4c5ccc(C#N)cc5c5c6c7ccccc7n(-c7ccccc7)c6ccc54)cc3c2c1. The molecule has 4 aromatic heterocycles. The standard InChI is InChI=1S/C50H27N5O/c51-28-30-14-18-43-37(24-30)35-10-4-6-12-41(35)54(43)33-16-22-47-38(26-33)39-27-34(17-23-48(39)56-47)55-44-19-15-31(29-52)25-40(44)50-46(55)21-20-45-49(50)36-11-5-7-13-42(36)53(45)32-8-2-1-3-9-32/h1-27H. The molecule has 258 valence electrons. The van der Waals surface area contributed by atoms with Gasteiger partial charge in [-0.2, -0.15) is 10.5 Å². The summed E-state index contributed by atoms with van der Waals surface area (Å²) in [5.74, 6) is 0. The fourth-order valence-electron chi connectivity index (χ4n) is 9.12. The minimum Gasteiger partial charge on any atom is -0.456 e. The molecule has 0 N–H and O–H groups in total. The molecule has 56 heavy (non-hydrogen) atoms. The molecule has 6 heteroatoms. The van der Waals surface area contributed by atoms with E-state index < -0.39 is 0 Å². The van der Waals surface area contributed by atoms with E-state index in [1.54, 1.807) is 0 Å². The van der Waals surface area contributed by atoms with E-state index in [2.05, 4.69) is 147 Å². The van der Waals surface area contributed by atoms with Crippen molar-refractivity contribution in [2.24, 2.45) is 0 Å². The Balaban J connectivity index is 1.13. The molecule has 8 aromatic carbocycles. The van der Waals surface area contributed by atoms with Gasteiger partial charge < -0.3 is 18.1 Å². The molecule has 0 aliphatic rings. The first-order valence-electron chi connectivity index (χ1n) is 18.5. The number of furan rings is 1. The minimum atomic E-state index is 0.623. The fraction of sp³-hybridized carbons (Fsp3) is 0. The van der Waals surface area contributed by atoms with Crippen molar-refractivity contribution in [2.75, 3.05) is 0 Å². The average molecular weight is 714 g/mol. The Morgan fingerprint density at radius 2 is 0.804 bits per heavy atom. The number of benzene rings is 8. The summed E-state index contributed by atoms with van der Waals surface area (Å²) in [7, 11) is 0. The summed E-state index contributed by atoms with van der Waals surface area (Å²) in [6.45, 7) is 0. The largest absolute Gasteiger partial charge is 0.456 e. The number of hydrogen-bond donors (Lipinski definition) is 0. The van der Waals surface area contributed by atoms with Crippen LogP contribution in [0, 0.1) is 22.7 Å². The van der Waals surface area contributed by atoms with Crippen LogP contribution in [0.1, 0.15) is 11.1 Å². The summed E-state index contributed by atoms with van der Waals surface area (Å²) in [6, 6.07) is 61.3. The molecular formula is C50H27N5O. The summed E-state index contributed by atoms with van der Waals surface area (Å²) in [5.41, 5.74) is 12.5. The van der Waals surface area contributed by atoms with E-state index in [9.17, 15) is 10.5 Å². The van der Waals surface area contributed by atoms with E-state index in [1.165, 1.54) is 0 Å². The Morgan fingerprint density at radius 1 is 0.339 bits per heavy atom. The molecule has 0 spiro atoms. The number of fused-ring (bicyclic) bond motifs is 13. The summed E-state index contributed by atoms with van der Waals surface area (Å²) in [6.07, 6.45) is 0. The maximum Gasteiger partial charge on any atom is 0.135 e. The van der Waals surface area contributed by atoms with E-state index in [0.717, 1.165) is 104 Å². The molecule has 0 aliphatic carbocycles. The molecule has 12 aromatic rings. The minimum absolute atomic E-state index is 0.623. The monoisotopic (exact) mass is 713 g/mol.